The Morgan fingerprint density at radius 3 is 2.82 bits per heavy atom. The van der Waals surface area contributed by atoms with Crippen molar-refractivity contribution in [1.82, 2.24) is 20.2 Å². The van der Waals surface area contributed by atoms with Crippen molar-refractivity contribution in [3.05, 3.63) is 23.8 Å². The van der Waals surface area contributed by atoms with Gasteiger partial charge in [0, 0.05) is 38.3 Å². The first-order valence-electron chi connectivity index (χ1n) is 6.17. The summed E-state index contributed by atoms with van der Waals surface area (Å²) < 4.78 is 0. The Labute approximate surface area is 100 Å². The molecule has 0 unspecified atom stereocenters. The molecule has 1 aromatic heterocycles. The lowest BCUT2D eigenvalue weighted by atomic mass is 10.3. The van der Waals surface area contributed by atoms with E-state index < -0.39 is 0 Å². The normalized spacial score (nSPS) is 20.4. The van der Waals surface area contributed by atoms with Gasteiger partial charge in [-0.25, -0.2) is 9.97 Å². The molecule has 1 N–H and O–H groups in total. The maximum absolute atomic E-state index is 12.2. The van der Waals surface area contributed by atoms with Crippen molar-refractivity contribution in [2.24, 2.45) is 0 Å². The molecular formula is C12H16N4O. The Kier molecular flexibility index (Phi) is 2.76. The number of carbonyl (C=O) groups excluding carboxylic acids is 1. The smallest absolute Gasteiger partial charge is 0.272 e. The Balaban J connectivity index is 1.77. The molecule has 0 radical (unpaired) electrons. The van der Waals surface area contributed by atoms with Gasteiger partial charge in [-0.05, 0) is 18.9 Å². The molecule has 0 bridgehead atoms. The second-order valence-electron chi connectivity index (χ2n) is 4.62. The van der Waals surface area contributed by atoms with E-state index >= 15 is 0 Å². The predicted molar refractivity (Wildman–Crippen MR) is 62.8 cm³/mol. The summed E-state index contributed by atoms with van der Waals surface area (Å²) in [6, 6.07) is 1.72. The highest BCUT2D eigenvalue weighted by Crippen LogP contribution is 2.37. The van der Waals surface area contributed by atoms with E-state index in [0.29, 0.717) is 11.6 Å². The van der Waals surface area contributed by atoms with Crippen LogP contribution in [0.5, 0.6) is 0 Å². The zero-order valence-corrected chi connectivity index (χ0v) is 9.72. The molecule has 2 heterocycles. The third-order valence-corrected chi connectivity index (χ3v) is 3.24. The maximum atomic E-state index is 12.2. The van der Waals surface area contributed by atoms with Crippen LogP contribution in [-0.4, -0.2) is 47.0 Å². The SMILES string of the molecule is O=C(c1ccnc(C2CC2)n1)N1CCNCC1. The van der Waals surface area contributed by atoms with Crippen LogP contribution in [-0.2, 0) is 0 Å². The van der Waals surface area contributed by atoms with E-state index in [1.807, 2.05) is 4.90 Å². The van der Waals surface area contributed by atoms with Gasteiger partial charge < -0.3 is 10.2 Å². The quantitative estimate of drug-likeness (QED) is 0.802. The van der Waals surface area contributed by atoms with Crippen molar-refractivity contribution in [3.63, 3.8) is 0 Å². The van der Waals surface area contributed by atoms with Crippen LogP contribution in [0, 0.1) is 0 Å². The molecule has 0 spiro atoms. The van der Waals surface area contributed by atoms with Crippen LogP contribution < -0.4 is 5.32 Å². The van der Waals surface area contributed by atoms with E-state index in [2.05, 4.69) is 15.3 Å². The van der Waals surface area contributed by atoms with Crippen molar-refractivity contribution in [3.8, 4) is 0 Å². The molecular weight excluding hydrogens is 216 g/mol. The molecule has 0 aromatic carbocycles. The van der Waals surface area contributed by atoms with E-state index in [1.165, 1.54) is 0 Å². The van der Waals surface area contributed by atoms with Crippen molar-refractivity contribution in [2.45, 2.75) is 18.8 Å². The van der Waals surface area contributed by atoms with Gasteiger partial charge in [-0.3, -0.25) is 4.79 Å². The van der Waals surface area contributed by atoms with Gasteiger partial charge in [-0.1, -0.05) is 0 Å². The highest BCUT2D eigenvalue weighted by molar-refractivity contribution is 5.92. The third-order valence-electron chi connectivity index (χ3n) is 3.24. The Bertz CT molecular complexity index is 424. The van der Waals surface area contributed by atoms with Crippen molar-refractivity contribution in [2.75, 3.05) is 26.2 Å². The number of hydrogen-bond donors (Lipinski definition) is 1. The first-order valence-corrected chi connectivity index (χ1v) is 6.17. The minimum absolute atomic E-state index is 0.0378. The van der Waals surface area contributed by atoms with Gasteiger partial charge in [0.15, 0.2) is 0 Å². The lowest BCUT2D eigenvalue weighted by molar-refractivity contribution is 0.0729. The van der Waals surface area contributed by atoms with E-state index in [9.17, 15) is 4.79 Å². The lowest BCUT2D eigenvalue weighted by Crippen LogP contribution is -2.46. The Hall–Kier alpha value is -1.49. The van der Waals surface area contributed by atoms with Crippen LogP contribution in [0.25, 0.3) is 0 Å². The number of rotatable bonds is 2. The number of amides is 1. The van der Waals surface area contributed by atoms with Crippen molar-refractivity contribution < 1.29 is 4.79 Å². The molecule has 1 saturated heterocycles. The molecule has 1 aliphatic carbocycles. The van der Waals surface area contributed by atoms with Crippen molar-refractivity contribution in [1.29, 1.82) is 0 Å². The fourth-order valence-electron chi connectivity index (χ4n) is 2.06. The highest BCUT2D eigenvalue weighted by atomic mass is 16.2. The molecule has 5 nitrogen and oxygen atoms in total. The van der Waals surface area contributed by atoms with Gasteiger partial charge in [0.2, 0.25) is 0 Å². The van der Waals surface area contributed by atoms with Crippen LogP contribution in [0.3, 0.4) is 0 Å². The zero-order chi connectivity index (χ0) is 11.7. The number of piperazine rings is 1. The van der Waals surface area contributed by atoms with Gasteiger partial charge in [-0.2, -0.15) is 0 Å². The first-order chi connectivity index (χ1) is 8.34. The Morgan fingerprint density at radius 1 is 1.35 bits per heavy atom. The molecule has 1 aliphatic heterocycles. The number of nitrogens with one attached hydrogen (secondary N) is 1. The fraction of sp³-hybridized carbons (Fsp3) is 0.583. The monoisotopic (exact) mass is 232 g/mol. The summed E-state index contributed by atoms with van der Waals surface area (Å²) in [6.45, 7) is 3.27. The van der Waals surface area contributed by atoms with Crippen LogP contribution in [0.4, 0.5) is 0 Å². The summed E-state index contributed by atoms with van der Waals surface area (Å²) in [6.07, 6.45) is 4.02. The van der Waals surface area contributed by atoms with Crippen LogP contribution in [0.15, 0.2) is 12.3 Å². The van der Waals surface area contributed by atoms with Gasteiger partial charge in [0.25, 0.3) is 5.91 Å². The fourth-order valence-corrected chi connectivity index (χ4v) is 2.06. The zero-order valence-electron chi connectivity index (χ0n) is 9.72. The number of nitrogens with zero attached hydrogens (tertiary/aromatic N) is 3. The molecule has 1 aromatic rings. The average Bonchev–Trinajstić information content (AvgIpc) is 3.23. The summed E-state index contributed by atoms with van der Waals surface area (Å²) in [5.74, 6) is 1.37. The van der Waals surface area contributed by atoms with E-state index in [1.54, 1.807) is 12.3 Å². The second kappa shape index (κ2) is 4.41. The summed E-state index contributed by atoms with van der Waals surface area (Å²) in [5, 5.41) is 3.23. The molecule has 2 fully saturated rings. The molecule has 1 saturated carbocycles. The molecule has 5 heteroatoms. The molecule has 3 rings (SSSR count). The number of carbonyl (C=O) groups is 1. The summed E-state index contributed by atoms with van der Waals surface area (Å²) >= 11 is 0. The van der Waals surface area contributed by atoms with Crippen LogP contribution >= 0.6 is 0 Å². The van der Waals surface area contributed by atoms with Crippen molar-refractivity contribution >= 4 is 5.91 Å². The van der Waals surface area contributed by atoms with Gasteiger partial charge in [0.05, 0.1) is 0 Å². The predicted octanol–water partition coefficient (Wildman–Crippen LogP) is 0.399. The highest BCUT2D eigenvalue weighted by Gasteiger charge is 2.28. The minimum atomic E-state index is 0.0378. The molecule has 2 aliphatic rings. The largest absolute Gasteiger partial charge is 0.335 e. The molecule has 17 heavy (non-hydrogen) atoms. The number of aromatic nitrogens is 2. The van der Waals surface area contributed by atoms with E-state index in [-0.39, 0.29) is 5.91 Å². The van der Waals surface area contributed by atoms with Gasteiger partial charge in [-0.15, -0.1) is 0 Å². The Morgan fingerprint density at radius 2 is 2.12 bits per heavy atom. The third kappa shape index (κ3) is 2.29. The van der Waals surface area contributed by atoms with E-state index in [4.69, 9.17) is 0 Å². The molecule has 90 valence electrons. The average molecular weight is 232 g/mol. The van der Waals surface area contributed by atoms with Gasteiger partial charge in [0.1, 0.15) is 11.5 Å². The summed E-state index contributed by atoms with van der Waals surface area (Å²) in [4.78, 5) is 22.7. The molecule has 1 amide bonds. The van der Waals surface area contributed by atoms with Gasteiger partial charge >= 0.3 is 0 Å². The second-order valence-corrected chi connectivity index (χ2v) is 4.62. The topological polar surface area (TPSA) is 58.1 Å². The van der Waals surface area contributed by atoms with Crippen LogP contribution in [0.1, 0.15) is 35.1 Å². The standard InChI is InChI=1S/C12H16N4O/c17-12(16-7-5-13-6-8-16)10-3-4-14-11(15-10)9-1-2-9/h3-4,9,13H,1-2,5-8H2. The minimum Gasteiger partial charge on any atom is -0.335 e. The first kappa shape index (κ1) is 10.7. The summed E-state index contributed by atoms with van der Waals surface area (Å²) in [5.41, 5.74) is 0.545. The number of hydrogen-bond acceptors (Lipinski definition) is 4. The molecule has 0 atom stereocenters. The van der Waals surface area contributed by atoms with Crippen LogP contribution in [0.2, 0.25) is 0 Å². The van der Waals surface area contributed by atoms with E-state index in [0.717, 1.165) is 44.8 Å². The summed E-state index contributed by atoms with van der Waals surface area (Å²) in [7, 11) is 0. The maximum Gasteiger partial charge on any atom is 0.272 e. The lowest BCUT2D eigenvalue weighted by Gasteiger charge is -2.27.